The van der Waals surface area contributed by atoms with Gasteiger partial charge in [0, 0.05) is 31.5 Å². The molecule has 3 N–H and O–H groups in total. The number of rotatable bonds is 4. The van der Waals surface area contributed by atoms with Crippen LogP contribution in [0.3, 0.4) is 0 Å². The van der Waals surface area contributed by atoms with Gasteiger partial charge < -0.3 is 20.2 Å². The maximum absolute atomic E-state index is 11.7. The number of aryl methyl sites for hydroxylation is 1. The highest BCUT2D eigenvalue weighted by atomic mass is 16.4. The first kappa shape index (κ1) is 14.1. The third kappa shape index (κ3) is 3.00. The molecule has 2 rings (SSSR count). The molecule has 0 unspecified atom stereocenters. The van der Waals surface area contributed by atoms with Gasteiger partial charge in [-0.15, -0.1) is 0 Å². The number of urea groups is 1. The Kier molecular flexibility index (Phi) is 4.09. The van der Waals surface area contributed by atoms with Crippen LogP contribution in [-0.2, 0) is 7.05 Å². The molecule has 1 aromatic heterocycles. The maximum Gasteiger partial charge on any atom is 0.419 e. The van der Waals surface area contributed by atoms with Gasteiger partial charge in [-0.3, -0.25) is 4.57 Å². The molecule has 1 heterocycles. The Morgan fingerprint density at radius 3 is 2.95 bits per heavy atom. The van der Waals surface area contributed by atoms with Gasteiger partial charge in [0.2, 0.25) is 0 Å². The summed E-state index contributed by atoms with van der Waals surface area (Å²) in [5.74, 6) is -0.446. The van der Waals surface area contributed by atoms with Gasteiger partial charge in [0.1, 0.15) is 0 Å². The van der Waals surface area contributed by atoms with Crippen molar-refractivity contribution in [3.63, 3.8) is 0 Å². The number of anilines is 1. The number of nitrogens with one attached hydrogen (secondary N) is 2. The maximum atomic E-state index is 11.7. The molecule has 108 valence electrons. The first-order chi connectivity index (χ1) is 9.51. The van der Waals surface area contributed by atoms with Crippen LogP contribution >= 0.6 is 0 Å². The van der Waals surface area contributed by atoms with Gasteiger partial charge in [-0.25, -0.2) is 9.59 Å². The lowest BCUT2D eigenvalue weighted by Crippen LogP contribution is -2.36. The topological polar surface area (TPSA) is 96.5 Å². The minimum Gasteiger partial charge on any atom is -0.408 e. The van der Waals surface area contributed by atoms with Crippen molar-refractivity contribution < 1.29 is 14.3 Å². The van der Waals surface area contributed by atoms with E-state index >= 15 is 0 Å². The number of benzene rings is 1. The molecule has 0 saturated carbocycles. The Hall–Kier alpha value is -2.28. The molecule has 0 aliphatic heterocycles. The minimum absolute atomic E-state index is 0.0164. The Balaban J connectivity index is 2.10. The second-order valence-corrected chi connectivity index (χ2v) is 4.62. The normalized spacial score (nSPS) is 12.3. The van der Waals surface area contributed by atoms with E-state index in [2.05, 4.69) is 10.6 Å². The van der Waals surface area contributed by atoms with Crippen LogP contribution in [0.2, 0.25) is 0 Å². The summed E-state index contributed by atoms with van der Waals surface area (Å²) in [5, 5.41) is 14.1. The molecule has 0 spiro atoms. The van der Waals surface area contributed by atoms with E-state index in [4.69, 9.17) is 9.52 Å². The predicted octanol–water partition coefficient (Wildman–Crippen LogP) is 1.02. The number of aromatic nitrogens is 1. The van der Waals surface area contributed by atoms with Gasteiger partial charge in [0.25, 0.3) is 0 Å². The smallest absolute Gasteiger partial charge is 0.408 e. The van der Waals surface area contributed by atoms with Crippen molar-refractivity contribution in [3.8, 4) is 0 Å². The van der Waals surface area contributed by atoms with Gasteiger partial charge in [-0.1, -0.05) is 0 Å². The average molecular weight is 279 g/mol. The van der Waals surface area contributed by atoms with E-state index in [0.29, 0.717) is 23.2 Å². The van der Waals surface area contributed by atoms with Gasteiger partial charge in [0.15, 0.2) is 5.58 Å². The number of oxazole rings is 1. The van der Waals surface area contributed by atoms with E-state index in [1.54, 1.807) is 32.2 Å². The summed E-state index contributed by atoms with van der Waals surface area (Å²) in [6.45, 7) is 1.82. The molecule has 7 heteroatoms. The van der Waals surface area contributed by atoms with E-state index in [1.165, 1.54) is 4.57 Å². The lowest BCUT2D eigenvalue weighted by molar-refractivity contribution is 0.241. The summed E-state index contributed by atoms with van der Waals surface area (Å²) >= 11 is 0. The Bertz CT molecular complexity index is 674. The molecule has 7 nitrogen and oxygen atoms in total. The third-order valence-corrected chi connectivity index (χ3v) is 2.99. The molecule has 0 aliphatic carbocycles. The summed E-state index contributed by atoms with van der Waals surface area (Å²) in [6.07, 6.45) is 0.486. The average Bonchev–Trinajstić information content (AvgIpc) is 2.64. The number of aliphatic hydroxyl groups is 1. The number of carbonyl (C=O) groups is 1. The number of fused-ring (bicyclic) bond motifs is 1. The van der Waals surface area contributed by atoms with Crippen LogP contribution in [0.4, 0.5) is 10.5 Å². The van der Waals surface area contributed by atoms with Crippen molar-refractivity contribution in [2.75, 3.05) is 11.9 Å². The first-order valence-corrected chi connectivity index (χ1v) is 6.29. The Morgan fingerprint density at radius 2 is 2.25 bits per heavy atom. The van der Waals surface area contributed by atoms with Gasteiger partial charge >= 0.3 is 11.8 Å². The van der Waals surface area contributed by atoms with E-state index in [1.807, 2.05) is 0 Å². The van der Waals surface area contributed by atoms with E-state index in [0.717, 1.165) is 0 Å². The monoisotopic (exact) mass is 279 g/mol. The van der Waals surface area contributed by atoms with Crippen LogP contribution in [0, 0.1) is 0 Å². The zero-order chi connectivity index (χ0) is 14.7. The molecular weight excluding hydrogens is 262 g/mol. The summed E-state index contributed by atoms with van der Waals surface area (Å²) in [5.41, 5.74) is 1.61. The van der Waals surface area contributed by atoms with Crippen molar-refractivity contribution in [1.82, 2.24) is 9.88 Å². The van der Waals surface area contributed by atoms with Crippen LogP contribution in [0.15, 0.2) is 27.4 Å². The summed E-state index contributed by atoms with van der Waals surface area (Å²) in [7, 11) is 1.62. The SMILES string of the molecule is C[C@H](CCO)NC(=O)Nc1ccc2c(c1)oc(=O)n2C. The minimum atomic E-state index is -0.446. The van der Waals surface area contributed by atoms with Crippen molar-refractivity contribution in [2.45, 2.75) is 19.4 Å². The van der Waals surface area contributed by atoms with Gasteiger partial charge in [-0.2, -0.15) is 0 Å². The summed E-state index contributed by atoms with van der Waals surface area (Å²) < 4.78 is 6.43. The number of amides is 2. The van der Waals surface area contributed by atoms with E-state index in [9.17, 15) is 9.59 Å². The molecule has 0 bridgehead atoms. The summed E-state index contributed by atoms with van der Waals surface area (Å²) in [4.78, 5) is 23.1. The highest BCUT2D eigenvalue weighted by Crippen LogP contribution is 2.17. The zero-order valence-electron chi connectivity index (χ0n) is 11.3. The third-order valence-electron chi connectivity index (χ3n) is 2.99. The molecule has 0 radical (unpaired) electrons. The summed E-state index contributed by atoms with van der Waals surface area (Å²) in [6, 6.07) is 4.48. The molecule has 2 aromatic rings. The van der Waals surface area contributed by atoms with Crippen molar-refractivity contribution in [3.05, 3.63) is 28.7 Å². The van der Waals surface area contributed by atoms with Crippen molar-refractivity contribution in [2.24, 2.45) is 7.05 Å². The van der Waals surface area contributed by atoms with Gasteiger partial charge in [0.05, 0.1) is 5.52 Å². The molecule has 20 heavy (non-hydrogen) atoms. The van der Waals surface area contributed by atoms with E-state index in [-0.39, 0.29) is 18.7 Å². The van der Waals surface area contributed by atoms with Gasteiger partial charge in [-0.05, 0) is 25.5 Å². The standard InChI is InChI=1S/C13H17N3O4/c1-8(5-6-17)14-12(18)15-9-3-4-10-11(7-9)20-13(19)16(10)2/h3-4,7-8,17H,5-6H2,1-2H3,(H2,14,15,18)/t8-/m1/s1. The molecule has 2 amide bonds. The van der Waals surface area contributed by atoms with E-state index < -0.39 is 5.76 Å². The molecule has 0 fully saturated rings. The highest BCUT2D eigenvalue weighted by molar-refractivity contribution is 5.91. The van der Waals surface area contributed by atoms with Crippen molar-refractivity contribution in [1.29, 1.82) is 0 Å². The zero-order valence-corrected chi connectivity index (χ0v) is 11.3. The number of nitrogens with zero attached hydrogens (tertiary/aromatic N) is 1. The second-order valence-electron chi connectivity index (χ2n) is 4.62. The molecule has 1 aromatic carbocycles. The number of aliphatic hydroxyl groups excluding tert-OH is 1. The highest BCUT2D eigenvalue weighted by Gasteiger charge is 2.09. The molecule has 0 saturated heterocycles. The fraction of sp³-hybridized carbons (Fsp3) is 0.385. The first-order valence-electron chi connectivity index (χ1n) is 6.29. The Labute approximate surface area is 115 Å². The van der Waals surface area contributed by atoms with Crippen LogP contribution in [0.1, 0.15) is 13.3 Å². The Morgan fingerprint density at radius 1 is 1.50 bits per heavy atom. The molecule has 1 atom stereocenters. The predicted molar refractivity (Wildman–Crippen MR) is 74.8 cm³/mol. The number of hydrogen-bond donors (Lipinski definition) is 3. The number of hydrogen-bond acceptors (Lipinski definition) is 4. The van der Waals surface area contributed by atoms with Crippen molar-refractivity contribution >= 4 is 22.8 Å². The van der Waals surface area contributed by atoms with Crippen LogP contribution in [-0.4, -0.2) is 28.4 Å². The fourth-order valence-electron chi connectivity index (χ4n) is 1.87. The number of carbonyl (C=O) groups excluding carboxylic acids is 1. The van der Waals surface area contributed by atoms with Crippen LogP contribution in [0.5, 0.6) is 0 Å². The molecular formula is C13H17N3O4. The lowest BCUT2D eigenvalue weighted by atomic mass is 10.2. The second kappa shape index (κ2) is 5.79. The van der Waals surface area contributed by atoms with Crippen LogP contribution < -0.4 is 16.4 Å². The quantitative estimate of drug-likeness (QED) is 0.778. The fourth-order valence-corrected chi connectivity index (χ4v) is 1.87. The largest absolute Gasteiger partial charge is 0.419 e. The van der Waals surface area contributed by atoms with Crippen LogP contribution in [0.25, 0.3) is 11.1 Å². The lowest BCUT2D eigenvalue weighted by Gasteiger charge is -2.13. The molecule has 0 aliphatic rings.